The summed E-state index contributed by atoms with van der Waals surface area (Å²) in [5.41, 5.74) is 2.12. The molecule has 2 aliphatic heterocycles. The van der Waals surface area contributed by atoms with Gasteiger partial charge in [-0.3, -0.25) is 14.3 Å². The fraction of sp³-hybridized carbons (Fsp3) is 0.478. The van der Waals surface area contributed by atoms with Gasteiger partial charge in [0.25, 0.3) is 5.56 Å². The van der Waals surface area contributed by atoms with Gasteiger partial charge in [-0.25, -0.2) is 4.98 Å². The molecule has 0 atom stereocenters. The fourth-order valence-corrected chi connectivity index (χ4v) is 4.29. The number of rotatable bonds is 7. The average Bonchev–Trinajstić information content (AvgIpc) is 2.87. The van der Waals surface area contributed by atoms with Gasteiger partial charge in [-0.2, -0.15) is 4.98 Å². The largest absolute Gasteiger partial charge is 0.486 e. The molecule has 34 heavy (non-hydrogen) atoms. The van der Waals surface area contributed by atoms with Gasteiger partial charge < -0.3 is 24.4 Å². The van der Waals surface area contributed by atoms with E-state index in [1.54, 1.807) is 36.2 Å². The second-order valence-electron chi connectivity index (χ2n) is 8.26. The lowest BCUT2D eigenvalue weighted by Crippen LogP contribution is -2.43. The zero-order chi connectivity index (χ0) is 22.6. The van der Waals surface area contributed by atoms with Crippen molar-refractivity contribution in [3.8, 4) is 17.4 Å². The highest BCUT2D eigenvalue weighted by molar-refractivity contribution is 5.85. The second kappa shape index (κ2) is 11.0. The first-order chi connectivity index (χ1) is 16.2. The first-order valence-corrected chi connectivity index (χ1v) is 11.3. The number of nitrogens with one attached hydrogen (secondary N) is 1. The Kier molecular flexibility index (Phi) is 7.81. The number of hydrogen-bond acceptors (Lipinski definition) is 9. The molecule has 0 aromatic carbocycles. The summed E-state index contributed by atoms with van der Waals surface area (Å²) in [7, 11) is 1.54. The predicted molar refractivity (Wildman–Crippen MR) is 129 cm³/mol. The van der Waals surface area contributed by atoms with E-state index in [2.05, 4.69) is 25.2 Å². The van der Waals surface area contributed by atoms with Gasteiger partial charge in [-0.1, -0.05) is 0 Å². The summed E-state index contributed by atoms with van der Waals surface area (Å²) in [4.78, 5) is 28.1. The highest BCUT2D eigenvalue weighted by Gasteiger charge is 2.20. The van der Waals surface area contributed by atoms with Crippen LogP contribution in [0.25, 0.3) is 11.2 Å². The molecule has 1 saturated heterocycles. The van der Waals surface area contributed by atoms with Gasteiger partial charge in [0.15, 0.2) is 17.1 Å². The number of fused-ring (bicyclic) bond motifs is 2. The molecule has 11 heteroatoms. The molecule has 1 fully saturated rings. The van der Waals surface area contributed by atoms with Crippen LogP contribution in [-0.2, 0) is 13.1 Å². The number of nitrogens with zero attached hydrogens (tertiary/aromatic N) is 5. The number of hydrogen-bond donors (Lipinski definition) is 1. The van der Waals surface area contributed by atoms with Gasteiger partial charge in [0, 0.05) is 37.8 Å². The maximum absolute atomic E-state index is 12.5. The summed E-state index contributed by atoms with van der Waals surface area (Å²) in [5.74, 6) is 1.89. The van der Waals surface area contributed by atoms with E-state index in [0.29, 0.717) is 55.1 Å². The quantitative estimate of drug-likeness (QED) is 0.531. The molecule has 5 heterocycles. The molecule has 0 aliphatic carbocycles. The second-order valence-corrected chi connectivity index (χ2v) is 8.26. The number of halogens is 1. The lowest BCUT2D eigenvalue weighted by Gasteiger charge is -2.32. The van der Waals surface area contributed by atoms with Gasteiger partial charge in [-0.05, 0) is 32.0 Å². The number of likely N-dealkylation sites (tertiary alicyclic amines) is 1. The third-order valence-electron chi connectivity index (χ3n) is 6.16. The number of aromatic nitrogens is 4. The van der Waals surface area contributed by atoms with Crippen molar-refractivity contribution < 1.29 is 14.2 Å². The van der Waals surface area contributed by atoms with Gasteiger partial charge in [0.2, 0.25) is 5.88 Å². The smallest absolute Gasteiger partial charge is 0.252 e. The van der Waals surface area contributed by atoms with E-state index < -0.39 is 0 Å². The van der Waals surface area contributed by atoms with Crippen LogP contribution in [-0.4, -0.2) is 70.4 Å². The third-order valence-corrected chi connectivity index (χ3v) is 6.16. The van der Waals surface area contributed by atoms with E-state index in [4.69, 9.17) is 14.2 Å². The molecule has 1 N–H and O–H groups in total. The summed E-state index contributed by atoms with van der Waals surface area (Å²) in [5, 5.41) is 3.61. The van der Waals surface area contributed by atoms with Crippen LogP contribution in [0, 0.1) is 0 Å². The minimum Gasteiger partial charge on any atom is -0.486 e. The van der Waals surface area contributed by atoms with Crippen LogP contribution in [0.3, 0.4) is 0 Å². The number of ether oxygens (including phenoxy) is 3. The van der Waals surface area contributed by atoms with Crippen molar-refractivity contribution in [2.24, 2.45) is 0 Å². The Bertz CT molecular complexity index is 1180. The Labute approximate surface area is 203 Å². The normalized spacial score (nSPS) is 16.3. The Hall–Kier alpha value is -2.95. The van der Waals surface area contributed by atoms with E-state index in [0.717, 1.165) is 43.9 Å². The highest BCUT2D eigenvalue weighted by Crippen LogP contribution is 2.29. The molecule has 0 radical (unpaired) electrons. The van der Waals surface area contributed by atoms with Gasteiger partial charge in [0.05, 0.1) is 25.2 Å². The minimum absolute atomic E-state index is 0. The summed E-state index contributed by atoms with van der Waals surface area (Å²) in [6, 6.07) is 5.64. The van der Waals surface area contributed by atoms with E-state index in [-0.39, 0.29) is 18.0 Å². The van der Waals surface area contributed by atoms with Crippen LogP contribution >= 0.6 is 12.4 Å². The highest BCUT2D eigenvalue weighted by atomic mass is 35.5. The molecule has 2 aliphatic rings. The summed E-state index contributed by atoms with van der Waals surface area (Å²) in [6.07, 6.45) is 5.39. The average molecular weight is 489 g/mol. The van der Waals surface area contributed by atoms with Crippen LogP contribution in [0.15, 0.2) is 35.4 Å². The summed E-state index contributed by atoms with van der Waals surface area (Å²) >= 11 is 0. The Morgan fingerprint density at radius 1 is 1.09 bits per heavy atom. The number of pyridine rings is 2. The maximum Gasteiger partial charge on any atom is 0.252 e. The minimum atomic E-state index is -0.0754. The molecule has 0 unspecified atom stereocenters. The van der Waals surface area contributed by atoms with E-state index >= 15 is 0 Å². The molecule has 0 bridgehead atoms. The Morgan fingerprint density at radius 3 is 2.68 bits per heavy atom. The Balaban J connectivity index is 0.00000274. The third kappa shape index (κ3) is 5.40. The van der Waals surface area contributed by atoms with Crippen molar-refractivity contribution >= 4 is 23.6 Å². The first-order valence-electron chi connectivity index (χ1n) is 11.3. The molecular weight excluding hydrogens is 460 g/mol. The SMILES string of the molecule is COc1cnc2ccc(=O)n(CCN3CCC(NCc4cc5c(cn4)OCCO5)CC3)c2n1.Cl. The molecule has 3 aromatic rings. The van der Waals surface area contributed by atoms with E-state index in [1.165, 1.54) is 0 Å². The summed E-state index contributed by atoms with van der Waals surface area (Å²) < 4.78 is 18.0. The monoisotopic (exact) mass is 488 g/mol. The molecule has 0 saturated carbocycles. The van der Waals surface area contributed by atoms with E-state index in [9.17, 15) is 4.79 Å². The van der Waals surface area contributed by atoms with Gasteiger partial charge >= 0.3 is 0 Å². The maximum atomic E-state index is 12.5. The van der Waals surface area contributed by atoms with Crippen molar-refractivity contribution in [2.45, 2.75) is 32.0 Å². The zero-order valence-electron chi connectivity index (χ0n) is 19.1. The van der Waals surface area contributed by atoms with Gasteiger partial charge in [0.1, 0.15) is 18.7 Å². The number of piperidine rings is 1. The van der Waals surface area contributed by atoms with E-state index in [1.807, 2.05) is 6.07 Å². The zero-order valence-corrected chi connectivity index (χ0v) is 19.9. The lowest BCUT2D eigenvalue weighted by molar-refractivity contribution is 0.170. The van der Waals surface area contributed by atoms with Crippen molar-refractivity contribution in [1.82, 2.24) is 29.7 Å². The molecular formula is C23H29ClN6O4. The molecule has 0 amide bonds. The standard InChI is InChI=1S/C23H28N6O4.ClH/c1-31-21-15-26-18-2-3-22(30)29(23(18)27-21)9-8-28-6-4-16(5-7-28)24-13-17-12-19-20(14-25-17)33-11-10-32-19;/h2-3,12,14-16,24H,4-11,13H2,1H3;1H. The Morgan fingerprint density at radius 2 is 1.88 bits per heavy atom. The van der Waals surface area contributed by atoms with Crippen molar-refractivity contribution in [2.75, 3.05) is 40.0 Å². The van der Waals surface area contributed by atoms with Crippen molar-refractivity contribution in [1.29, 1.82) is 0 Å². The topological polar surface area (TPSA) is 104 Å². The summed E-state index contributed by atoms with van der Waals surface area (Å²) in [6.45, 7) is 5.15. The van der Waals surface area contributed by atoms with Crippen molar-refractivity contribution in [3.05, 3.63) is 46.6 Å². The van der Waals surface area contributed by atoms with Crippen LogP contribution in [0.1, 0.15) is 18.5 Å². The molecule has 10 nitrogen and oxygen atoms in total. The van der Waals surface area contributed by atoms with Crippen molar-refractivity contribution in [3.63, 3.8) is 0 Å². The van der Waals surface area contributed by atoms with Crippen LogP contribution in [0.4, 0.5) is 0 Å². The van der Waals surface area contributed by atoms with Crippen LogP contribution in [0.2, 0.25) is 0 Å². The molecule has 0 spiro atoms. The molecule has 182 valence electrons. The lowest BCUT2D eigenvalue weighted by atomic mass is 10.0. The van der Waals surface area contributed by atoms with Crippen LogP contribution < -0.4 is 25.1 Å². The van der Waals surface area contributed by atoms with Crippen LogP contribution in [0.5, 0.6) is 17.4 Å². The van der Waals surface area contributed by atoms with Gasteiger partial charge in [-0.15, -0.1) is 12.4 Å². The predicted octanol–water partition coefficient (Wildman–Crippen LogP) is 1.64. The molecule has 5 rings (SSSR count). The molecule has 3 aromatic heterocycles. The fourth-order valence-electron chi connectivity index (χ4n) is 4.29. The first kappa shape index (κ1) is 24.2. The number of methoxy groups -OCH3 is 1.